The summed E-state index contributed by atoms with van der Waals surface area (Å²) in [7, 11) is 1.69. The number of pyridine rings is 1. The Labute approximate surface area is 107 Å². The molecule has 18 heavy (non-hydrogen) atoms. The van der Waals surface area contributed by atoms with Crippen LogP contribution in [0.15, 0.2) is 30.5 Å². The maximum Gasteiger partial charge on any atom is 0.133 e. The first-order chi connectivity index (χ1) is 8.76. The Balaban J connectivity index is 2.34. The summed E-state index contributed by atoms with van der Waals surface area (Å²) in [6, 6.07) is 7.92. The van der Waals surface area contributed by atoms with Crippen LogP contribution in [0.5, 0.6) is 0 Å². The molecule has 0 aliphatic heterocycles. The van der Waals surface area contributed by atoms with Crippen LogP contribution in [0.1, 0.15) is 12.5 Å². The number of nitrogens with one attached hydrogen (secondary N) is 1. The van der Waals surface area contributed by atoms with Crippen LogP contribution < -0.4 is 5.32 Å². The minimum atomic E-state index is 0.00225. The fraction of sp³-hybridized carbons (Fsp3) is 0.357. The second-order valence-corrected chi connectivity index (χ2v) is 4.26. The van der Waals surface area contributed by atoms with Crippen molar-refractivity contribution in [3.05, 3.63) is 36.0 Å². The van der Waals surface area contributed by atoms with E-state index in [9.17, 15) is 5.11 Å². The van der Waals surface area contributed by atoms with Crippen molar-refractivity contribution in [1.82, 2.24) is 4.98 Å². The molecule has 0 amide bonds. The number of hydrogen-bond donors (Lipinski definition) is 2. The predicted octanol–water partition coefficient (Wildman–Crippen LogP) is 2.17. The van der Waals surface area contributed by atoms with Crippen molar-refractivity contribution < 1.29 is 9.84 Å². The molecule has 1 unspecified atom stereocenters. The van der Waals surface area contributed by atoms with Crippen molar-refractivity contribution in [2.75, 3.05) is 19.0 Å². The Bertz CT molecular complexity index is 528. The molecule has 0 fully saturated rings. The summed E-state index contributed by atoms with van der Waals surface area (Å²) < 4.78 is 5.20. The van der Waals surface area contributed by atoms with Crippen molar-refractivity contribution >= 4 is 16.6 Å². The van der Waals surface area contributed by atoms with Crippen LogP contribution in [-0.2, 0) is 11.3 Å². The molecule has 4 heteroatoms. The number of aliphatic hydroxyl groups is 1. The van der Waals surface area contributed by atoms with Gasteiger partial charge < -0.3 is 15.2 Å². The summed E-state index contributed by atoms with van der Waals surface area (Å²) in [5.41, 5.74) is 0.843. The van der Waals surface area contributed by atoms with Crippen molar-refractivity contribution in [2.24, 2.45) is 0 Å². The summed E-state index contributed by atoms with van der Waals surface area (Å²) in [5, 5.41) is 14.6. The molecule has 1 aromatic heterocycles. The molecular formula is C14H18N2O2. The SMILES string of the molecule is COC(C)CNc1ncc(CO)c2ccccc12. The molecular weight excluding hydrogens is 228 g/mol. The van der Waals surface area contributed by atoms with E-state index in [-0.39, 0.29) is 12.7 Å². The zero-order chi connectivity index (χ0) is 13.0. The second-order valence-electron chi connectivity index (χ2n) is 4.26. The molecule has 0 aliphatic carbocycles. The Morgan fingerprint density at radius 2 is 2.06 bits per heavy atom. The van der Waals surface area contributed by atoms with Crippen molar-refractivity contribution in [3.63, 3.8) is 0 Å². The summed E-state index contributed by atoms with van der Waals surface area (Å²) in [5.74, 6) is 0.826. The van der Waals surface area contributed by atoms with Gasteiger partial charge in [0.1, 0.15) is 5.82 Å². The number of fused-ring (bicyclic) bond motifs is 1. The van der Waals surface area contributed by atoms with Gasteiger partial charge in [-0.05, 0) is 12.3 Å². The summed E-state index contributed by atoms with van der Waals surface area (Å²) in [4.78, 5) is 4.36. The van der Waals surface area contributed by atoms with E-state index in [0.717, 1.165) is 22.2 Å². The van der Waals surface area contributed by atoms with Gasteiger partial charge in [-0.2, -0.15) is 0 Å². The molecule has 1 heterocycles. The van der Waals surface area contributed by atoms with E-state index in [1.807, 2.05) is 31.2 Å². The van der Waals surface area contributed by atoms with Gasteiger partial charge in [0.05, 0.1) is 12.7 Å². The number of methoxy groups -OCH3 is 1. The van der Waals surface area contributed by atoms with Crippen molar-refractivity contribution in [1.29, 1.82) is 0 Å². The fourth-order valence-electron chi connectivity index (χ4n) is 1.84. The number of aliphatic hydroxyl groups excluding tert-OH is 1. The average Bonchev–Trinajstić information content (AvgIpc) is 2.44. The number of aromatic nitrogens is 1. The molecule has 1 atom stereocenters. The van der Waals surface area contributed by atoms with Crippen molar-refractivity contribution in [3.8, 4) is 0 Å². The first-order valence-corrected chi connectivity index (χ1v) is 6.00. The number of rotatable bonds is 5. The van der Waals surface area contributed by atoms with Gasteiger partial charge in [0.15, 0.2) is 0 Å². The lowest BCUT2D eigenvalue weighted by atomic mass is 10.1. The molecule has 0 radical (unpaired) electrons. The second kappa shape index (κ2) is 5.80. The van der Waals surface area contributed by atoms with Crippen LogP contribution in [0.25, 0.3) is 10.8 Å². The van der Waals surface area contributed by atoms with Gasteiger partial charge in [-0.15, -0.1) is 0 Å². The number of nitrogens with zero attached hydrogens (tertiary/aromatic N) is 1. The van der Waals surface area contributed by atoms with E-state index in [1.54, 1.807) is 13.3 Å². The molecule has 0 spiro atoms. The highest BCUT2D eigenvalue weighted by molar-refractivity contribution is 5.93. The van der Waals surface area contributed by atoms with Crippen molar-refractivity contribution in [2.45, 2.75) is 19.6 Å². The molecule has 96 valence electrons. The van der Waals surface area contributed by atoms with Crippen LogP contribution in [0, 0.1) is 0 Å². The van der Waals surface area contributed by atoms with Gasteiger partial charge in [-0.1, -0.05) is 24.3 Å². The molecule has 1 aromatic carbocycles. The Kier molecular flexibility index (Phi) is 4.12. The lowest BCUT2D eigenvalue weighted by Crippen LogP contribution is -2.18. The van der Waals surface area contributed by atoms with E-state index >= 15 is 0 Å². The predicted molar refractivity (Wildman–Crippen MR) is 72.6 cm³/mol. The fourth-order valence-corrected chi connectivity index (χ4v) is 1.84. The van der Waals surface area contributed by atoms with E-state index in [1.165, 1.54) is 0 Å². The highest BCUT2D eigenvalue weighted by atomic mass is 16.5. The van der Waals surface area contributed by atoms with E-state index in [0.29, 0.717) is 6.54 Å². The van der Waals surface area contributed by atoms with E-state index < -0.39 is 0 Å². The summed E-state index contributed by atoms with van der Waals surface area (Å²) in [6.45, 7) is 2.70. The third-order valence-electron chi connectivity index (χ3n) is 3.01. The number of anilines is 1. The zero-order valence-corrected chi connectivity index (χ0v) is 10.7. The van der Waals surface area contributed by atoms with Crippen LogP contribution in [0.4, 0.5) is 5.82 Å². The molecule has 4 nitrogen and oxygen atoms in total. The van der Waals surface area contributed by atoms with Gasteiger partial charge in [-0.25, -0.2) is 4.98 Å². The molecule has 2 aromatic rings. The highest BCUT2D eigenvalue weighted by Gasteiger charge is 2.07. The Hall–Kier alpha value is -1.65. The molecule has 0 saturated heterocycles. The third kappa shape index (κ3) is 2.60. The topological polar surface area (TPSA) is 54.4 Å². The summed E-state index contributed by atoms with van der Waals surface area (Å²) in [6.07, 6.45) is 1.84. The smallest absolute Gasteiger partial charge is 0.133 e. The average molecular weight is 246 g/mol. The number of benzene rings is 1. The van der Waals surface area contributed by atoms with Gasteiger partial charge in [0.2, 0.25) is 0 Å². The standard InChI is InChI=1S/C14H18N2O2/c1-10(18-2)7-15-14-13-6-4-3-5-12(13)11(9-17)8-16-14/h3-6,8,10,17H,7,9H2,1-2H3,(H,15,16). The molecule has 2 rings (SSSR count). The van der Waals surface area contributed by atoms with Gasteiger partial charge in [0, 0.05) is 30.8 Å². The lowest BCUT2D eigenvalue weighted by molar-refractivity contribution is 0.128. The van der Waals surface area contributed by atoms with Gasteiger partial charge in [-0.3, -0.25) is 0 Å². The monoisotopic (exact) mass is 246 g/mol. The van der Waals surface area contributed by atoms with E-state index in [2.05, 4.69) is 10.3 Å². The number of ether oxygens (including phenoxy) is 1. The number of hydrogen-bond acceptors (Lipinski definition) is 4. The molecule has 0 bridgehead atoms. The maximum absolute atomic E-state index is 9.30. The Morgan fingerprint density at radius 1 is 1.33 bits per heavy atom. The van der Waals surface area contributed by atoms with Crippen LogP contribution >= 0.6 is 0 Å². The quantitative estimate of drug-likeness (QED) is 0.849. The van der Waals surface area contributed by atoms with Gasteiger partial charge >= 0.3 is 0 Å². The van der Waals surface area contributed by atoms with Crippen LogP contribution in [-0.4, -0.2) is 29.8 Å². The molecule has 0 aliphatic rings. The minimum absolute atomic E-state index is 0.00225. The minimum Gasteiger partial charge on any atom is -0.392 e. The normalized spacial score (nSPS) is 12.6. The van der Waals surface area contributed by atoms with Crippen LogP contribution in [0.2, 0.25) is 0 Å². The van der Waals surface area contributed by atoms with Crippen LogP contribution in [0.3, 0.4) is 0 Å². The molecule has 0 saturated carbocycles. The zero-order valence-electron chi connectivity index (χ0n) is 10.7. The first kappa shape index (κ1) is 12.8. The molecule has 2 N–H and O–H groups in total. The Morgan fingerprint density at radius 3 is 2.72 bits per heavy atom. The lowest BCUT2D eigenvalue weighted by Gasteiger charge is -2.14. The summed E-state index contributed by atoms with van der Waals surface area (Å²) >= 11 is 0. The van der Waals surface area contributed by atoms with Gasteiger partial charge in [0.25, 0.3) is 0 Å². The largest absolute Gasteiger partial charge is 0.392 e. The highest BCUT2D eigenvalue weighted by Crippen LogP contribution is 2.24. The maximum atomic E-state index is 9.30. The first-order valence-electron chi connectivity index (χ1n) is 6.00. The third-order valence-corrected chi connectivity index (χ3v) is 3.01. The van der Waals surface area contributed by atoms with E-state index in [4.69, 9.17) is 4.74 Å².